The molecule has 264 valence electrons. The number of alkyl halides is 1. The number of carbonyl (C=O) groups excluding carboxylic acids is 3. The van der Waals surface area contributed by atoms with Gasteiger partial charge in [-0.25, -0.2) is 4.79 Å². The summed E-state index contributed by atoms with van der Waals surface area (Å²) in [7, 11) is 2.05. The predicted octanol–water partition coefficient (Wildman–Crippen LogP) is 6.91. The monoisotopic (exact) mass is 699 g/mol. The van der Waals surface area contributed by atoms with Crippen molar-refractivity contribution in [1.82, 2.24) is 14.7 Å². The molecule has 4 aliphatic rings. The van der Waals surface area contributed by atoms with Gasteiger partial charge < -0.3 is 29.1 Å². The minimum atomic E-state index is -0.367. The molecule has 50 heavy (non-hydrogen) atoms. The van der Waals surface area contributed by atoms with E-state index in [0.29, 0.717) is 55.5 Å². The SMILES string of the molecule is Cc1cc2c(cc1OCCCCCC(=O)N1C[C@@H](CCl)c3c1cc(OC(=O)N1CCN(C)CC1)c1ccccc31)N=C[C@@H]1CCCCN1C2=O. The number of rotatable bonds is 9. The maximum Gasteiger partial charge on any atom is 0.415 e. The molecule has 0 aliphatic carbocycles. The van der Waals surface area contributed by atoms with Gasteiger partial charge in [-0.2, -0.15) is 0 Å². The summed E-state index contributed by atoms with van der Waals surface area (Å²) in [6, 6.07) is 13.6. The van der Waals surface area contributed by atoms with E-state index in [-0.39, 0.29) is 29.9 Å². The second kappa shape index (κ2) is 15.0. The molecule has 11 heteroatoms. The molecule has 0 bridgehead atoms. The number of piperazine rings is 1. The highest BCUT2D eigenvalue weighted by molar-refractivity contribution is 6.19. The summed E-state index contributed by atoms with van der Waals surface area (Å²) < 4.78 is 12.2. The third-order valence-electron chi connectivity index (χ3n) is 10.6. The van der Waals surface area contributed by atoms with Gasteiger partial charge in [0.1, 0.15) is 11.5 Å². The van der Waals surface area contributed by atoms with Gasteiger partial charge in [-0.3, -0.25) is 14.6 Å². The second-order valence-electron chi connectivity index (χ2n) is 14.0. The van der Waals surface area contributed by atoms with Crippen LogP contribution in [-0.2, 0) is 4.79 Å². The molecule has 7 rings (SSSR count). The Morgan fingerprint density at radius 2 is 1.76 bits per heavy atom. The first-order valence-corrected chi connectivity index (χ1v) is 18.6. The van der Waals surface area contributed by atoms with Crippen molar-refractivity contribution >= 4 is 57.9 Å². The molecule has 3 aromatic carbocycles. The van der Waals surface area contributed by atoms with Gasteiger partial charge in [0, 0.05) is 81.2 Å². The first-order valence-electron chi connectivity index (χ1n) is 18.0. The Balaban J connectivity index is 0.970. The number of amides is 3. The number of carbonyl (C=O) groups is 3. The van der Waals surface area contributed by atoms with Crippen LogP contribution in [0.25, 0.3) is 10.8 Å². The molecule has 2 atom stereocenters. The van der Waals surface area contributed by atoms with E-state index < -0.39 is 0 Å². The quantitative estimate of drug-likeness (QED) is 0.178. The molecular weight excluding hydrogens is 654 g/mol. The van der Waals surface area contributed by atoms with Gasteiger partial charge in [-0.1, -0.05) is 24.3 Å². The van der Waals surface area contributed by atoms with Crippen molar-refractivity contribution in [1.29, 1.82) is 0 Å². The highest BCUT2D eigenvalue weighted by Gasteiger charge is 2.35. The van der Waals surface area contributed by atoms with E-state index in [1.807, 2.05) is 72.5 Å². The summed E-state index contributed by atoms with van der Waals surface area (Å²) in [6.07, 6.45) is 7.38. The Morgan fingerprint density at radius 3 is 2.56 bits per heavy atom. The minimum absolute atomic E-state index is 0.0127. The zero-order valence-electron chi connectivity index (χ0n) is 29.0. The lowest BCUT2D eigenvalue weighted by molar-refractivity contribution is -0.118. The van der Waals surface area contributed by atoms with E-state index in [4.69, 9.17) is 21.1 Å². The van der Waals surface area contributed by atoms with E-state index >= 15 is 0 Å². The van der Waals surface area contributed by atoms with E-state index in [1.54, 1.807) is 4.90 Å². The number of hydrogen-bond donors (Lipinski definition) is 0. The smallest absolute Gasteiger partial charge is 0.415 e. The standard InChI is InChI=1S/C39H46ClN5O5/c1-26-20-31-32(41-24-28-10-7-8-14-44(28)38(31)47)21-34(26)49-19-9-3-4-13-36(46)45-25-27(23-40)37-30-12-6-5-11-29(30)35(22-33(37)45)50-39(48)43-17-15-42(2)16-18-43/h5-6,11-12,20-22,24,27-28H,3-4,7-10,13-19,23,25H2,1-2H3/t27-,28+/m1/s1. The lowest BCUT2D eigenvalue weighted by Crippen LogP contribution is -2.48. The van der Waals surface area contributed by atoms with Crippen LogP contribution >= 0.6 is 11.6 Å². The van der Waals surface area contributed by atoms with Crippen LogP contribution in [0.5, 0.6) is 11.5 Å². The third-order valence-corrected chi connectivity index (χ3v) is 11.0. The normalized spacial score (nSPS) is 20.4. The molecule has 0 aromatic heterocycles. The van der Waals surface area contributed by atoms with Gasteiger partial charge in [0.05, 0.1) is 29.6 Å². The van der Waals surface area contributed by atoms with Crippen molar-refractivity contribution in [2.75, 3.05) is 63.7 Å². The molecule has 10 nitrogen and oxygen atoms in total. The number of nitrogens with zero attached hydrogens (tertiary/aromatic N) is 5. The van der Waals surface area contributed by atoms with Crippen molar-refractivity contribution in [3.05, 3.63) is 59.2 Å². The van der Waals surface area contributed by atoms with Gasteiger partial charge in [-0.05, 0) is 75.1 Å². The molecule has 0 radical (unpaired) electrons. The molecule has 4 aliphatic heterocycles. The Hall–Kier alpha value is -4.15. The molecule has 2 fully saturated rings. The predicted molar refractivity (Wildman–Crippen MR) is 197 cm³/mol. The number of ether oxygens (including phenoxy) is 2. The number of likely N-dealkylation sites (N-methyl/N-ethyl adjacent to an activating group) is 1. The largest absolute Gasteiger partial charge is 0.493 e. The van der Waals surface area contributed by atoms with Crippen molar-refractivity contribution in [3.8, 4) is 11.5 Å². The maximum absolute atomic E-state index is 13.7. The van der Waals surface area contributed by atoms with E-state index in [1.165, 1.54) is 0 Å². The van der Waals surface area contributed by atoms with Crippen molar-refractivity contribution in [2.45, 2.75) is 63.8 Å². The zero-order valence-corrected chi connectivity index (χ0v) is 29.8. The minimum Gasteiger partial charge on any atom is -0.493 e. The van der Waals surface area contributed by atoms with E-state index in [2.05, 4.69) is 9.89 Å². The fourth-order valence-electron chi connectivity index (χ4n) is 7.68. The summed E-state index contributed by atoms with van der Waals surface area (Å²) in [5.41, 5.74) is 4.04. The number of aliphatic imine (C=N–C) groups is 1. The summed E-state index contributed by atoms with van der Waals surface area (Å²) in [5, 5.41) is 1.81. The molecule has 0 spiro atoms. The first kappa shape index (κ1) is 34.3. The molecule has 4 heterocycles. The molecule has 0 unspecified atom stereocenters. The van der Waals surface area contributed by atoms with E-state index in [0.717, 1.165) is 91.5 Å². The van der Waals surface area contributed by atoms with Crippen LogP contribution in [0.2, 0.25) is 0 Å². The third kappa shape index (κ3) is 6.92. The molecular formula is C39H46ClN5O5. The van der Waals surface area contributed by atoms with Crippen LogP contribution < -0.4 is 14.4 Å². The lowest BCUT2D eigenvalue weighted by Gasteiger charge is -2.32. The van der Waals surface area contributed by atoms with E-state index in [9.17, 15) is 14.4 Å². The number of unbranched alkanes of at least 4 members (excludes halogenated alkanes) is 2. The highest BCUT2D eigenvalue weighted by Crippen LogP contribution is 2.46. The van der Waals surface area contributed by atoms with Crippen molar-refractivity contribution < 1.29 is 23.9 Å². The number of fused-ring (bicyclic) bond motifs is 5. The number of anilines is 1. The van der Waals surface area contributed by atoms with Crippen LogP contribution in [0.1, 0.15) is 72.3 Å². The molecule has 0 N–H and O–H groups in total. The number of aryl methyl sites for hydroxylation is 1. The van der Waals surface area contributed by atoms with Crippen LogP contribution in [0.4, 0.5) is 16.2 Å². The number of hydrogen-bond acceptors (Lipinski definition) is 7. The van der Waals surface area contributed by atoms with Gasteiger partial charge >= 0.3 is 6.09 Å². The zero-order chi connectivity index (χ0) is 34.8. The van der Waals surface area contributed by atoms with Crippen molar-refractivity contribution in [2.24, 2.45) is 4.99 Å². The van der Waals surface area contributed by atoms with Gasteiger partial charge in [0.25, 0.3) is 5.91 Å². The van der Waals surface area contributed by atoms with Crippen LogP contribution in [-0.4, -0.2) is 104 Å². The Bertz CT molecular complexity index is 1810. The summed E-state index contributed by atoms with van der Waals surface area (Å²) in [4.78, 5) is 52.5. The first-order chi connectivity index (χ1) is 24.3. The summed E-state index contributed by atoms with van der Waals surface area (Å²) in [6.45, 7) is 6.58. The molecule has 2 saturated heterocycles. The Labute approximate surface area is 298 Å². The maximum atomic E-state index is 13.7. The average molecular weight is 700 g/mol. The lowest BCUT2D eigenvalue weighted by atomic mass is 9.95. The van der Waals surface area contributed by atoms with Gasteiger partial charge in [0.15, 0.2) is 0 Å². The number of benzene rings is 3. The second-order valence-corrected chi connectivity index (χ2v) is 14.3. The Morgan fingerprint density at radius 1 is 0.960 bits per heavy atom. The van der Waals surface area contributed by atoms with Crippen LogP contribution in [0.3, 0.4) is 0 Å². The topological polar surface area (TPSA) is 95.0 Å². The summed E-state index contributed by atoms with van der Waals surface area (Å²) >= 11 is 6.48. The average Bonchev–Trinajstić information content (AvgIpc) is 3.45. The highest BCUT2D eigenvalue weighted by atomic mass is 35.5. The fourth-order valence-corrected chi connectivity index (χ4v) is 7.93. The van der Waals surface area contributed by atoms with Gasteiger partial charge in [-0.15, -0.1) is 11.6 Å². The van der Waals surface area contributed by atoms with Gasteiger partial charge in [0.2, 0.25) is 5.91 Å². The summed E-state index contributed by atoms with van der Waals surface area (Å²) in [5.74, 6) is 1.66. The molecule has 0 saturated carbocycles. The van der Waals surface area contributed by atoms with Crippen LogP contribution in [0, 0.1) is 6.92 Å². The number of halogens is 1. The van der Waals surface area contributed by atoms with Crippen LogP contribution in [0.15, 0.2) is 47.5 Å². The van der Waals surface area contributed by atoms with Crippen molar-refractivity contribution in [3.63, 3.8) is 0 Å². The molecule has 3 aromatic rings. The molecule has 3 amide bonds. The number of piperidine rings is 1. The Kier molecular flexibility index (Phi) is 10.3. The fraction of sp³-hybridized carbons (Fsp3) is 0.487.